The van der Waals surface area contributed by atoms with Crippen LogP contribution in [0.4, 0.5) is 5.82 Å². The number of rotatable bonds is 3. The number of amides is 1. The van der Waals surface area contributed by atoms with Gasteiger partial charge in [-0.05, 0) is 26.8 Å². The minimum Gasteiger partial charge on any atom is -0.383 e. The second-order valence-electron chi connectivity index (χ2n) is 5.08. The number of hydrogen-bond donors (Lipinski definition) is 2. The normalized spacial score (nSPS) is 10.4. The van der Waals surface area contributed by atoms with Gasteiger partial charge in [-0.15, -0.1) is 0 Å². The van der Waals surface area contributed by atoms with Crippen molar-refractivity contribution in [2.24, 2.45) is 0 Å². The summed E-state index contributed by atoms with van der Waals surface area (Å²) in [6, 6.07) is 5.20. The summed E-state index contributed by atoms with van der Waals surface area (Å²) in [6.45, 7) is 5.65. The molecule has 0 aliphatic rings. The van der Waals surface area contributed by atoms with Gasteiger partial charge < -0.3 is 11.1 Å². The number of nitriles is 2. The molecule has 104 valence electrons. The molecule has 0 bridgehead atoms. The van der Waals surface area contributed by atoms with E-state index < -0.39 is 0 Å². The largest absolute Gasteiger partial charge is 0.383 e. The maximum absolute atomic E-state index is 11.7. The Bertz CT molecular complexity index is 607. The monoisotopic (exact) mass is 289 g/mol. The fourth-order valence-corrected chi connectivity index (χ4v) is 2.14. The third kappa shape index (κ3) is 4.45. The fourth-order valence-electron chi connectivity index (χ4n) is 1.38. The Kier molecular flexibility index (Phi) is 4.95. The maximum atomic E-state index is 11.7. The van der Waals surface area contributed by atoms with Crippen LogP contribution in [-0.2, 0) is 4.79 Å². The van der Waals surface area contributed by atoms with E-state index in [9.17, 15) is 4.79 Å². The smallest absolute Gasteiger partial charge is 0.230 e. The highest BCUT2D eigenvalue weighted by Gasteiger charge is 2.16. The molecule has 1 heterocycles. The fraction of sp³-hybridized carbons (Fsp3) is 0.385. The second-order valence-corrected chi connectivity index (χ2v) is 6.05. The molecule has 0 saturated heterocycles. The van der Waals surface area contributed by atoms with Crippen LogP contribution in [0.1, 0.15) is 31.9 Å². The molecule has 7 heteroatoms. The minimum atomic E-state index is -0.313. The molecule has 0 fully saturated rings. The van der Waals surface area contributed by atoms with Gasteiger partial charge in [0.2, 0.25) is 5.91 Å². The van der Waals surface area contributed by atoms with Crippen LogP contribution in [0.25, 0.3) is 0 Å². The maximum Gasteiger partial charge on any atom is 0.230 e. The van der Waals surface area contributed by atoms with Gasteiger partial charge in [0, 0.05) is 5.54 Å². The lowest BCUT2D eigenvalue weighted by Crippen LogP contribution is -2.41. The standard InChI is InChI=1S/C13H15N5OS/c1-13(2,3)18-10(19)7-20-12-9(6-15)4-8(5-14)11(16)17-12/h4H,7H2,1-3H3,(H2,16,17)(H,18,19). The zero-order chi connectivity index (χ0) is 15.3. The Labute approximate surface area is 122 Å². The quantitative estimate of drug-likeness (QED) is 0.813. The summed E-state index contributed by atoms with van der Waals surface area (Å²) in [4.78, 5) is 15.7. The van der Waals surface area contributed by atoms with Crippen molar-refractivity contribution >= 4 is 23.5 Å². The Balaban J connectivity index is 2.84. The molecule has 0 aliphatic carbocycles. The highest BCUT2D eigenvalue weighted by molar-refractivity contribution is 8.00. The lowest BCUT2D eigenvalue weighted by Gasteiger charge is -2.20. The van der Waals surface area contributed by atoms with E-state index in [1.807, 2.05) is 32.9 Å². The summed E-state index contributed by atoms with van der Waals surface area (Å²) < 4.78 is 0. The van der Waals surface area contributed by atoms with Gasteiger partial charge in [0.1, 0.15) is 23.0 Å². The van der Waals surface area contributed by atoms with E-state index >= 15 is 0 Å². The predicted octanol–water partition coefficient (Wildman–Crippen LogP) is 1.41. The molecule has 0 atom stereocenters. The molecule has 0 saturated carbocycles. The molecule has 0 aromatic carbocycles. The van der Waals surface area contributed by atoms with Crippen LogP contribution in [0.2, 0.25) is 0 Å². The van der Waals surface area contributed by atoms with E-state index in [0.717, 1.165) is 11.8 Å². The first-order valence-electron chi connectivity index (χ1n) is 5.81. The van der Waals surface area contributed by atoms with Gasteiger partial charge >= 0.3 is 0 Å². The number of hydrogen-bond acceptors (Lipinski definition) is 6. The van der Waals surface area contributed by atoms with Crippen molar-refractivity contribution in [3.8, 4) is 12.1 Å². The van der Waals surface area contributed by atoms with E-state index in [2.05, 4.69) is 10.3 Å². The molecule has 0 aliphatic heterocycles. The van der Waals surface area contributed by atoms with Crippen molar-refractivity contribution in [2.75, 3.05) is 11.5 Å². The topological polar surface area (TPSA) is 116 Å². The first-order chi connectivity index (χ1) is 9.26. The summed E-state index contributed by atoms with van der Waals surface area (Å²) in [6.07, 6.45) is 0. The summed E-state index contributed by atoms with van der Waals surface area (Å²) in [5, 5.41) is 21.0. The van der Waals surface area contributed by atoms with Gasteiger partial charge in [-0.1, -0.05) is 11.8 Å². The molecule has 6 nitrogen and oxygen atoms in total. The van der Waals surface area contributed by atoms with E-state index in [1.54, 1.807) is 0 Å². The summed E-state index contributed by atoms with van der Waals surface area (Å²) in [7, 11) is 0. The van der Waals surface area contributed by atoms with Crippen molar-refractivity contribution in [1.82, 2.24) is 10.3 Å². The number of nitrogens with two attached hydrogens (primary N) is 1. The van der Waals surface area contributed by atoms with Crippen LogP contribution in [0, 0.1) is 22.7 Å². The molecule has 1 rings (SSSR count). The van der Waals surface area contributed by atoms with Crippen LogP contribution in [0.15, 0.2) is 11.1 Å². The Morgan fingerprint density at radius 1 is 1.40 bits per heavy atom. The van der Waals surface area contributed by atoms with Crippen molar-refractivity contribution < 1.29 is 4.79 Å². The Hall–Kier alpha value is -2.25. The number of nitrogens with one attached hydrogen (secondary N) is 1. The average molecular weight is 289 g/mol. The van der Waals surface area contributed by atoms with Crippen LogP contribution >= 0.6 is 11.8 Å². The highest BCUT2D eigenvalue weighted by atomic mass is 32.2. The van der Waals surface area contributed by atoms with E-state index in [1.165, 1.54) is 6.07 Å². The van der Waals surface area contributed by atoms with E-state index in [4.69, 9.17) is 16.3 Å². The lowest BCUT2D eigenvalue weighted by atomic mass is 10.1. The van der Waals surface area contributed by atoms with Crippen molar-refractivity contribution in [1.29, 1.82) is 10.5 Å². The minimum absolute atomic E-state index is 0.0604. The highest BCUT2D eigenvalue weighted by Crippen LogP contribution is 2.23. The van der Waals surface area contributed by atoms with E-state index in [-0.39, 0.29) is 34.1 Å². The van der Waals surface area contributed by atoms with E-state index in [0.29, 0.717) is 5.03 Å². The van der Waals surface area contributed by atoms with Crippen LogP contribution < -0.4 is 11.1 Å². The third-order valence-corrected chi connectivity index (χ3v) is 3.10. The van der Waals surface area contributed by atoms with Gasteiger partial charge in [0.05, 0.1) is 16.9 Å². The number of nitrogens with zero attached hydrogens (tertiary/aromatic N) is 3. The SMILES string of the molecule is CC(C)(C)NC(=O)CSc1nc(N)c(C#N)cc1C#N. The number of carbonyl (C=O) groups excluding carboxylic acids is 1. The zero-order valence-corrected chi connectivity index (χ0v) is 12.3. The summed E-state index contributed by atoms with van der Waals surface area (Å²) in [5.74, 6) is 0.0333. The van der Waals surface area contributed by atoms with Gasteiger partial charge in [-0.2, -0.15) is 10.5 Å². The number of thioether (sulfide) groups is 1. The lowest BCUT2D eigenvalue weighted by molar-refractivity contribution is -0.119. The first-order valence-corrected chi connectivity index (χ1v) is 6.80. The van der Waals surface area contributed by atoms with Crippen molar-refractivity contribution in [3.05, 3.63) is 17.2 Å². The van der Waals surface area contributed by atoms with Crippen LogP contribution in [0.5, 0.6) is 0 Å². The van der Waals surface area contributed by atoms with Crippen molar-refractivity contribution in [2.45, 2.75) is 31.3 Å². The molecular weight excluding hydrogens is 274 g/mol. The summed E-state index contributed by atoms with van der Waals surface area (Å²) >= 11 is 1.12. The molecule has 1 amide bonds. The molecule has 20 heavy (non-hydrogen) atoms. The number of nitrogen functional groups attached to an aromatic ring is 1. The van der Waals surface area contributed by atoms with Crippen LogP contribution in [0.3, 0.4) is 0 Å². The first kappa shape index (κ1) is 15.8. The molecule has 0 unspecified atom stereocenters. The van der Waals surface area contributed by atoms with Gasteiger partial charge in [-0.25, -0.2) is 4.98 Å². The molecule has 0 radical (unpaired) electrons. The van der Waals surface area contributed by atoms with Gasteiger partial charge in [0.25, 0.3) is 0 Å². The summed E-state index contributed by atoms with van der Waals surface area (Å²) in [5.41, 5.74) is 5.69. The van der Waals surface area contributed by atoms with Crippen LogP contribution in [-0.4, -0.2) is 22.2 Å². The Morgan fingerprint density at radius 2 is 2.00 bits per heavy atom. The van der Waals surface area contributed by atoms with Crippen molar-refractivity contribution in [3.63, 3.8) is 0 Å². The molecule has 0 spiro atoms. The average Bonchev–Trinajstić information content (AvgIpc) is 2.34. The molecule has 3 N–H and O–H groups in total. The molecule has 1 aromatic rings. The number of carbonyl (C=O) groups is 1. The number of pyridine rings is 1. The number of anilines is 1. The third-order valence-electron chi connectivity index (χ3n) is 2.11. The van der Waals surface area contributed by atoms with Gasteiger partial charge in [-0.3, -0.25) is 4.79 Å². The second kappa shape index (κ2) is 6.27. The zero-order valence-electron chi connectivity index (χ0n) is 11.5. The van der Waals surface area contributed by atoms with Gasteiger partial charge in [0.15, 0.2) is 0 Å². The molecular formula is C13H15N5OS. The molecule has 1 aromatic heterocycles. The Morgan fingerprint density at radius 3 is 2.50 bits per heavy atom. The number of aromatic nitrogens is 1. The predicted molar refractivity (Wildman–Crippen MR) is 76.7 cm³/mol.